The van der Waals surface area contributed by atoms with Crippen LogP contribution in [0.4, 0.5) is 4.39 Å². The largest absolute Gasteiger partial charge is 0.343 e. The monoisotopic (exact) mass is 372 g/mol. The van der Waals surface area contributed by atoms with Gasteiger partial charge in [0.1, 0.15) is 11.5 Å². The molecule has 1 aromatic heterocycles. The molecule has 0 unspecified atom stereocenters. The quantitative estimate of drug-likeness (QED) is 0.783. The molecule has 0 bridgehead atoms. The third-order valence-electron chi connectivity index (χ3n) is 3.23. The third kappa shape index (κ3) is 3.47. The van der Waals surface area contributed by atoms with Crippen molar-refractivity contribution in [2.45, 2.75) is 20.0 Å². The second-order valence-electron chi connectivity index (χ2n) is 4.69. The first-order valence-electron chi connectivity index (χ1n) is 6.48. The minimum atomic E-state index is -0.408. The molecule has 0 saturated carbocycles. The number of aryl methyl sites for hydroxylation is 1. The van der Waals surface area contributed by atoms with Crippen molar-refractivity contribution in [2.24, 2.45) is 0 Å². The molecular formula is C15H15BrClFN2O. The number of carbonyl (C=O) groups is 1. The second-order valence-corrected chi connectivity index (χ2v) is 6.01. The first-order valence-corrected chi connectivity index (χ1v) is 7.65. The van der Waals surface area contributed by atoms with Gasteiger partial charge in [0.2, 0.25) is 0 Å². The number of carbonyl (C=O) groups excluding carboxylic acids is 1. The van der Waals surface area contributed by atoms with E-state index in [-0.39, 0.29) is 12.5 Å². The van der Waals surface area contributed by atoms with E-state index in [0.29, 0.717) is 22.8 Å². The Morgan fingerprint density at radius 2 is 2.19 bits per heavy atom. The minimum absolute atomic E-state index is 0.122. The van der Waals surface area contributed by atoms with Gasteiger partial charge in [-0.1, -0.05) is 17.7 Å². The molecule has 0 spiro atoms. The van der Waals surface area contributed by atoms with E-state index in [9.17, 15) is 9.18 Å². The van der Waals surface area contributed by atoms with Crippen molar-refractivity contribution >= 4 is 33.4 Å². The Kier molecular flexibility index (Phi) is 5.06. The van der Waals surface area contributed by atoms with E-state index in [1.165, 1.54) is 11.0 Å². The average Bonchev–Trinajstić information content (AvgIpc) is 2.83. The minimum Gasteiger partial charge on any atom is -0.343 e. The molecule has 0 N–H and O–H groups in total. The fourth-order valence-electron chi connectivity index (χ4n) is 2.10. The predicted octanol–water partition coefficient (Wildman–Crippen LogP) is 4.34. The van der Waals surface area contributed by atoms with Gasteiger partial charge in [0.15, 0.2) is 0 Å². The Bertz CT molecular complexity index is 651. The van der Waals surface area contributed by atoms with Crippen molar-refractivity contribution in [3.63, 3.8) is 0 Å². The third-order valence-corrected chi connectivity index (χ3v) is 4.01. The van der Waals surface area contributed by atoms with Crippen molar-refractivity contribution in [2.75, 3.05) is 7.05 Å². The number of nitrogens with zero attached hydrogens (tertiary/aromatic N) is 2. The van der Waals surface area contributed by atoms with Gasteiger partial charge in [0.05, 0.1) is 6.54 Å². The number of benzene rings is 1. The summed E-state index contributed by atoms with van der Waals surface area (Å²) < 4.78 is 16.5. The molecule has 0 aliphatic heterocycles. The maximum absolute atomic E-state index is 13.8. The summed E-state index contributed by atoms with van der Waals surface area (Å²) in [7, 11) is 1.63. The summed E-state index contributed by atoms with van der Waals surface area (Å²) in [5.41, 5.74) is 0.878. The van der Waals surface area contributed by atoms with Gasteiger partial charge in [-0.2, -0.15) is 0 Å². The Labute approximate surface area is 136 Å². The smallest absolute Gasteiger partial charge is 0.270 e. The van der Waals surface area contributed by atoms with Crippen LogP contribution in [0.25, 0.3) is 0 Å². The van der Waals surface area contributed by atoms with Crippen molar-refractivity contribution in [3.8, 4) is 0 Å². The summed E-state index contributed by atoms with van der Waals surface area (Å²) >= 11 is 9.35. The zero-order chi connectivity index (χ0) is 15.6. The van der Waals surface area contributed by atoms with Crippen LogP contribution in [-0.2, 0) is 13.1 Å². The molecule has 0 aliphatic carbocycles. The van der Waals surface area contributed by atoms with Crippen LogP contribution in [0.15, 0.2) is 34.9 Å². The fraction of sp³-hybridized carbons (Fsp3) is 0.267. The van der Waals surface area contributed by atoms with Crippen LogP contribution in [0, 0.1) is 5.82 Å². The standard InChI is InChI=1S/C15H15BrClFN2O/c1-3-20-8-10(16)7-14(20)15(21)19(2)9-11-12(17)5-4-6-13(11)18/h4-8H,3,9H2,1-2H3. The summed E-state index contributed by atoms with van der Waals surface area (Å²) in [6.07, 6.45) is 1.84. The lowest BCUT2D eigenvalue weighted by molar-refractivity contribution is 0.0773. The lowest BCUT2D eigenvalue weighted by atomic mass is 10.2. The Morgan fingerprint density at radius 1 is 1.48 bits per heavy atom. The molecule has 0 fully saturated rings. The number of hydrogen-bond donors (Lipinski definition) is 0. The Balaban J connectivity index is 2.24. The van der Waals surface area contributed by atoms with E-state index in [0.717, 1.165) is 4.47 Å². The second kappa shape index (κ2) is 6.62. The maximum Gasteiger partial charge on any atom is 0.270 e. The Hall–Kier alpha value is -1.33. The van der Waals surface area contributed by atoms with Crippen LogP contribution in [0.3, 0.4) is 0 Å². The first kappa shape index (κ1) is 16.0. The molecule has 0 saturated heterocycles. The van der Waals surface area contributed by atoms with E-state index in [4.69, 9.17) is 11.6 Å². The molecule has 1 heterocycles. The SMILES string of the molecule is CCn1cc(Br)cc1C(=O)N(C)Cc1c(F)cccc1Cl. The summed E-state index contributed by atoms with van der Waals surface area (Å²) in [6.45, 7) is 2.76. The molecule has 0 radical (unpaired) electrons. The molecule has 0 aliphatic rings. The molecule has 6 heteroatoms. The van der Waals surface area contributed by atoms with Gasteiger partial charge in [-0.3, -0.25) is 4.79 Å². The first-order chi connectivity index (χ1) is 9.93. The topological polar surface area (TPSA) is 25.2 Å². The lowest BCUT2D eigenvalue weighted by Crippen LogP contribution is -2.28. The van der Waals surface area contributed by atoms with Gasteiger partial charge in [-0.05, 0) is 41.1 Å². The summed E-state index contributed by atoms with van der Waals surface area (Å²) in [4.78, 5) is 13.9. The number of rotatable bonds is 4. The summed E-state index contributed by atoms with van der Waals surface area (Å²) in [5.74, 6) is -0.587. The van der Waals surface area contributed by atoms with Crippen molar-refractivity contribution in [3.05, 3.63) is 57.0 Å². The van der Waals surface area contributed by atoms with Crippen molar-refractivity contribution < 1.29 is 9.18 Å². The van der Waals surface area contributed by atoms with E-state index in [1.54, 1.807) is 25.2 Å². The molecule has 2 aromatic rings. The van der Waals surface area contributed by atoms with Crippen LogP contribution < -0.4 is 0 Å². The highest BCUT2D eigenvalue weighted by Gasteiger charge is 2.19. The van der Waals surface area contributed by atoms with E-state index >= 15 is 0 Å². The van der Waals surface area contributed by atoms with E-state index in [1.807, 2.05) is 17.7 Å². The van der Waals surface area contributed by atoms with Gasteiger partial charge in [0, 0.05) is 34.8 Å². The molecular weight excluding hydrogens is 359 g/mol. The summed E-state index contributed by atoms with van der Waals surface area (Å²) in [6, 6.07) is 6.25. The molecule has 112 valence electrons. The number of halogens is 3. The lowest BCUT2D eigenvalue weighted by Gasteiger charge is -2.19. The van der Waals surface area contributed by atoms with Gasteiger partial charge in [-0.25, -0.2) is 4.39 Å². The fourth-order valence-corrected chi connectivity index (χ4v) is 2.79. The van der Waals surface area contributed by atoms with Crippen LogP contribution in [0.5, 0.6) is 0 Å². The highest BCUT2D eigenvalue weighted by molar-refractivity contribution is 9.10. The normalized spacial score (nSPS) is 10.7. The molecule has 1 aromatic carbocycles. The van der Waals surface area contributed by atoms with E-state index < -0.39 is 5.82 Å². The van der Waals surface area contributed by atoms with Gasteiger partial charge < -0.3 is 9.47 Å². The highest BCUT2D eigenvalue weighted by atomic mass is 79.9. The number of aromatic nitrogens is 1. The van der Waals surface area contributed by atoms with Gasteiger partial charge in [0.25, 0.3) is 5.91 Å². The number of hydrogen-bond acceptors (Lipinski definition) is 1. The van der Waals surface area contributed by atoms with Crippen LogP contribution in [0.2, 0.25) is 5.02 Å². The zero-order valence-corrected chi connectivity index (χ0v) is 14.1. The van der Waals surface area contributed by atoms with Crippen LogP contribution >= 0.6 is 27.5 Å². The molecule has 2 rings (SSSR count). The number of amides is 1. The molecule has 1 amide bonds. The van der Waals surface area contributed by atoms with Crippen LogP contribution in [0.1, 0.15) is 23.0 Å². The molecule has 0 atom stereocenters. The van der Waals surface area contributed by atoms with Gasteiger partial charge >= 0.3 is 0 Å². The maximum atomic E-state index is 13.8. The highest BCUT2D eigenvalue weighted by Crippen LogP contribution is 2.22. The molecule has 21 heavy (non-hydrogen) atoms. The predicted molar refractivity (Wildman–Crippen MR) is 85.0 cm³/mol. The average molecular weight is 374 g/mol. The van der Waals surface area contributed by atoms with Crippen LogP contribution in [-0.4, -0.2) is 22.4 Å². The zero-order valence-electron chi connectivity index (χ0n) is 11.7. The van der Waals surface area contributed by atoms with Crippen molar-refractivity contribution in [1.29, 1.82) is 0 Å². The Morgan fingerprint density at radius 3 is 2.81 bits per heavy atom. The van der Waals surface area contributed by atoms with E-state index in [2.05, 4.69) is 15.9 Å². The van der Waals surface area contributed by atoms with Crippen molar-refractivity contribution in [1.82, 2.24) is 9.47 Å². The van der Waals surface area contributed by atoms with Gasteiger partial charge in [-0.15, -0.1) is 0 Å². The molecule has 3 nitrogen and oxygen atoms in total. The summed E-state index contributed by atoms with van der Waals surface area (Å²) in [5, 5.41) is 0.321.